The first-order chi connectivity index (χ1) is 7.61. The minimum absolute atomic E-state index is 0.773. The lowest BCUT2D eigenvalue weighted by molar-refractivity contribution is 0.204. The van der Waals surface area contributed by atoms with E-state index in [9.17, 15) is 0 Å². The number of nitrogens with zero attached hydrogens (tertiary/aromatic N) is 1. The van der Waals surface area contributed by atoms with Gasteiger partial charge in [0.15, 0.2) is 0 Å². The lowest BCUT2D eigenvalue weighted by Gasteiger charge is -2.27. The summed E-state index contributed by atoms with van der Waals surface area (Å²) in [5.74, 6) is 1.60. The van der Waals surface area contributed by atoms with Gasteiger partial charge in [-0.1, -0.05) is 27.7 Å². The van der Waals surface area contributed by atoms with Crippen molar-refractivity contribution in [2.24, 2.45) is 11.8 Å². The van der Waals surface area contributed by atoms with Crippen LogP contribution in [0.4, 0.5) is 0 Å². The smallest absolute Gasteiger partial charge is 0.0119 e. The van der Waals surface area contributed by atoms with Crippen LogP contribution in [0.2, 0.25) is 0 Å². The number of rotatable bonds is 7. The fourth-order valence-electron chi connectivity index (χ4n) is 2.68. The molecular formula is C14H30N2. The van der Waals surface area contributed by atoms with Crippen molar-refractivity contribution in [3.63, 3.8) is 0 Å². The predicted molar refractivity (Wildman–Crippen MR) is 71.8 cm³/mol. The molecule has 1 fully saturated rings. The molecule has 96 valence electrons. The molecule has 1 unspecified atom stereocenters. The highest BCUT2D eigenvalue weighted by molar-refractivity contribution is 4.81. The molecule has 0 amide bonds. The summed E-state index contributed by atoms with van der Waals surface area (Å²) in [7, 11) is 0. The Labute approximate surface area is 102 Å². The van der Waals surface area contributed by atoms with E-state index in [2.05, 4.69) is 37.9 Å². The van der Waals surface area contributed by atoms with Gasteiger partial charge in [0, 0.05) is 6.04 Å². The molecule has 0 aliphatic carbocycles. The van der Waals surface area contributed by atoms with E-state index >= 15 is 0 Å². The van der Waals surface area contributed by atoms with E-state index in [0.717, 1.165) is 24.4 Å². The van der Waals surface area contributed by atoms with Gasteiger partial charge in [0.2, 0.25) is 0 Å². The molecule has 1 rings (SSSR count). The molecule has 1 saturated heterocycles. The van der Waals surface area contributed by atoms with Crippen LogP contribution in [0.1, 0.15) is 47.0 Å². The summed E-state index contributed by atoms with van der Waals surface area (Å²) in [6.07, 6.45) is 4.12. The molecule has 0 radical (unpaired) electrons. The SMILES string of the molecule is CC(C)CNCCCN1CCCC1C(C)C. The highest BCUT2D eigenvalue weighted by Gasteiger charge is 2.25. The third-order valence-corrected chi connectivity index (χ3v) is 3.54. The van der Waals surface area contributed by atoms with Crippen LogP contribution in [0, 0.1) is 11.8 Å². The number of nitrogens with one attached hydrogen (secondary N) is 1. The molecule has 0 spiro atoms. The van der Waals surface area contributed by atoms with Crippen molar-refractivity contribution in [2.75, 3.05) is 26.2 Å². The summed E-state index contributed by atoms with van der Waals surface area (Å²) in [6, 6.07) is 0.852. The average Bonchev–Trinajstić information content (AvgIpc) is 2.65. The van der Waals surface area contributed by atoms with E-state index in [0.29, 0.717) is 0 Å². The minimum Gasteiger partial charge on any atom is -0.316 e. The quantitative estimate of drug-likeness (QED) is 0.672. The van der Waals surface area contributed by atoms with Crippen molar-refractivity contribution in [1.82, 2.24) is 10.2 Å². The van der Waals surface area contributed by atoms with Crippen molar-refractivity contribution in [1.29, 1.82) is 0 Å². The second-order valence-corrected chi connectivity index (χ2v) is 5.94. The Morgan fingerprint density at radius 3 is 2.62 bits per heavy atom. The van der Waals surface area contributed by atoms with Gasteiger partial charge in [0.05, 0.1) is 0 Å². The van der Waals surface area contributed by atoms with Gasteiger partial charge in [-0.25, -0.2) is 0 Å². The molecule has 1 atom stereocenters. The van der Waals surface area contributed by atoms with Crippen molar-refractivity contribution in [3.8, 4) is 0 Å². The second-order valence-electron chi connectivity index (χ2n) is 5.94. The van der Waals surface area contributed by atoms with Crippen molar-refractivity contribution in [2.45, 2.75) is 53.0 Å². The van der Waals surface area contributed by atoms with Gasteiger partial charge < -0.3 is 10.2 Å². The normalized spacial score (nSPS) is 22.5. The predicted octanol–water partition coefficient (Wildman–Crippen LogP) is 2.74. The molecule has 0 saturated carbocycles. The molecule has 1 aliphatic rings. The van der Waals surface area contributed by atoms with E-state index in [1.54, 1.807) is 0 Å². The Morgan fingerprint density at radius 2 is 2.00 bits per heavy atom. The summed E-state index contributed by atoms with van der Waals surface area (Å²) in [6.45, 7) is 14.2. The summed E-state index contributed by atoms with van der Waals surface area (Å²) in [5, 5.41) is 3.53. The molecule has 1 heterocycles. The third kappa shape index (κ3) is 4.84. The number of hydrogen-bond acceptors (Lipinski definition) is 2. The fraction of sp³-hybridized carbons (Fsp3) is 1.00. The van der Waals surface area contributed by atoms with E-state index < -0.39 is 0 Å². The number of likely N-dealkylation sites (tertiary alicyclic amines) is 1. The molecule has 1 aliphatic heterocycles. The van der Waals surface area contributed by atoms with Gasteiger partial charge in [-0.3, -0.25) is 0 Å². The van der Waals surface area contributed by atoms with Crippen molar-refractivity contribution in [3.05, 3.63) is 0 Å². The van der Waals surface area contributed by atoms with Gasteiger partial charge in [-0.05, 0) is 57.3 Å². The molecule has 1 N–H and O–H groups in total. The van der Waals surface area contributed by atoms with Gasteiger partial charge >= 0.3 is 0 Å². The summed E-state index contributed by atoms with van der Waals surface area (Å²) < 4.78 is 0. The van der Waals surface area contributed by atoms with Crippen LogP contribution in [0.25, 0.3) is 0 Å². The molecule has 2 nitrogen and oxygen atoms in total. The van der Waals surface area contributed by atoms with Gasteiger partial charge in [0.25, 0.3) is 0 Å². The Bertz CT molecular complexity index is 178. The van der Waals surface area contributed by atoms with Crippen molar-refractivity contribution >= 4 is 0 Å². The lowest BCUT2D eigenvalue weighted by atomic mass is 10.0. The lowest BCUT2D eigenvalue weighted by Crippen LogP contribution is -2.35. The maximum atomic E-state index is 3.53. The Hall–Kier alpha value is -0.0800. The van der Waals surface area contributed by atoms with E-state index in [1.807, 2.05) is 0 Å². The molecule has 0 aromatic rings. The molecule has 0 aromatic carbocycles. The highest BCUT2D eigenvalue weighted by atomic mass is 15.2. The maximum Gasteiger partial charge on any atom is 0.0119 e. The van der Waals surface area contributed by atoms with Crippen LogP contribution < -0.4 is 5.32 Å². The first-order valence-corrected chi connectivity index (χ1v) is 7.06. The zero-order chi connectivity index (χ0) is 12.0. The van der Waals surface area contributed by atoms with Gasteiger partial charge in [-0.15, -0.1) is 0 Å². The van der Waals surface area contributed by atoms with Crippen LogP contribution in [0.15, 0.2) is 0 Å². The summed E-state index contributed by atoms with van der Waals surface area (Å²) in [4.78, 5) is 2.70. The molecule has 0 aromatic heterocycles. The second kappa shape index (κ2) is 7.29. The monoisotopic (exact) mass is 226 g/mol. The van der Waals surface area contributed by atoms with Crippen LogP contribution in [0.3, 0.4) is 0 Å². The van der Waals surface area contributed by atoms with E-state index in [1.165, 1.54) is 38.9 Å². The van der Waals surface area contributed by atoms with Crippen LogP contribution >= 0.6 is 0 Å². The largest absolute Gasteiger partial charge is 0.316 e. The Balaban J connectivity index is 2.08. The molecule has 16 heavy (non-hydrogen) atoms. The summed E-state index contributed by atoms with van der Waals surface area (Å²) >= 11 is 0. The first kappa shape index (κ1) is 14.0. The topological polar surface area (TPSA) is 15.3 Å². The zero-order valence-electron chi connectivity index (χ0n) is 11.6. The van der Waals surface area contributed by atoms with Crippen molar-refractivity contribution < 1.29 is 0 Å². The fourth-order valence-corrected chi connectivity index (χ4v) is 2.68. The highest BCUT2D eigenvalue weighted by Crippen LogP contribution is 2.23. The summed E-state index contributed by atoms with van der Waals surface area (Å²) in [5.41, 5.74) is 0. The first-order valence-electron chi connectivity index (χ1n) is 7.06. The zero-order valence-corrected chi connectivity index (χ0v) is 11.6. The number of hydrogen-bond donors (Lipinski definition) is 1. The van der Waals surface area contributed by atoms with E-state index in [-0.39, 0.29) is 0 Å². The van der Waals surface area contributed by atoms with Crippen LogP contribution in [-0.4, -0.2) is 37.1 Å². The third-order valence-electron chi connectivity index (χ3n) is 3.54. The molecule has 2 heteroatoms. The van der Waals surface area contributed by atoms with Gasteiger partial charge in [0.1, 0.15) is 0 Å². The Kier molecular flexibility index (Phi) is 6.37. The standard InChI is InChI=1S/C14H30N2/c1-12(2)11-15-8-6-10-16-9-5-7-14(16)13(3)4/h12-15H,5-11H2,1-4H3. The Morgan fingerprint density at radius 1 is 1.25 bits per heavy atom. The minimum atomic E-state index is 0.773. The van der Waals surface area contributed by atoms with Crippen LogP contribution in [-0.2, 0) is 0 Å². The molecule has 0 bridgehead atoms. The average molecular weight is 226 g/mol. The van der Waals surface area contributed by atoms with Gasteiger partial charge in [-0.2, -0.15) is 0 Å². The molecular weight excluding hydrogens is 196 g/mol. The van der Waals surface area contributed by atoms with E-state index in [4.69, 9.17) is 0 Å². The van der Waals surface area contributed by atoms with Crippen LogP contribution in [0.5, 0.6) is 0 Å². The maximum absolute atomic E-state index is 3.53.